The zero-order chi connectivity index (χ0) is 11.8. The summed E-state index contributed by atoms with van der Waals surface area (Å²) in [5, 5.41) is 9.21. The average Bonchev–Trinajstić information content (AvgIpc) is 2.21. The number of rotatable bonds is 3. The molecule has 0 unspecified atom stereocenters. The van der Waals surface area contributed by atoms with Crippen LogP contribution in [0.2, 0.25) is 5.02 Å². The standard InChI is InChI=1S/C10H11ClO2.C2H6/c1-2-4-7-5-3-6-8(11)9(7)10(12)13;1-2/h3,5-6H,2,4H2,1H3,(H,12,13);1-2H3. The minimum absolute atomic E-state index is 0.242. The van der Waals surface area contributed by atoms with Gasteiger partial charge in [-0.3, -0.25) is 0 Å². The Morgan fingerprint density at radius 2 is 2.00 bits per heavy atom. The Hall–Kier alpha value is -1.02. The molecule has 0 spiro atoms. The molecule has 0 aliphatic carbocycles. The molecule has 0 radical (unpaired) electrons. The number of carboxylic acids is 1. The summed E-state index contributed by atoms with van der Waals surface area (Å²) in [6.07, 6.45) is 1.67. The van der Waals surface area contributed by atoms with E-state index in [1.807, 2.05) is 20.8 Å². The van der Waals surface area contributed by atoms with Crippen molar-refractivity contribution in [3.8, 4) is 0 Å². The van der Waals surface area contributed by atoms with E-state index < -0.39 is 5.97 Å². The van der Waals surface area contributed by atoms with Gasteiger partial charge in [-0.25, -0.2) is 4.79 Å². The number of halogens is 1. The van der Waals surface area contributed by atoms with E-state index in [4.69, 9.17) is 16.7 Å². The molecule has 0 aromatic heterocycles. The maximum atomic E-state index is 10.8. The summed E-state index contributed by atoms with van der Waals surface area (Å²) in [7, 11) is 0. The van der Waals surface area contributed by atoms with Crippen molar-refractivity contribution in [1.82, 2.24) is 0 Å². The number of carboxylic acid groups (broad SMARTS) is 1. The molecule has 0 fully saturated rings. The van der Waals surface area contributed by atoms with E-state index in [-0.39, 0.29) is 5.56 Å². The zero-order valence-corrected chi connectivity index (χ0v) is 10.1. The predicted molar refractivity (Wildman–Crippen MR) is 63.8 cm³/mol. The van der Waals surface area contributed by atoms with Gasteiger partial charge in [0.25, 0.3) is 0 Å². The molecular weight excluding hydrogens is 212 g/mol. The maximum Gasteiger partial charge on any atom is 0.337 e. The third kappa shape index (κ3) is 3.92. The monoisotopic (exact) mass is 228 g/mol. The van der Waals surface area contributed by atoms with E-state index in [0.29, 0.717) is 5.02 Å². The van der Waals surface area contributed by atoms with Crippen molar-refractivity contribution in [2.24, 2.45) is 0 Å². The van der Waals surface area contributed by atoms with Crippen molar-refractivity contribution in [3.05, 3.63) is 34.3 Å². The molecule has 1 aromatic carbocycles. The quantitative estimate of drug-likeness (QED) is 0.849. The molecule has 0 amide bonds. The fourth-order valence-electron chi connectivity index (χ4n) is 1.29. The summed E-state index contributed by atoms with van der Waals surface area (Å²) in [6.45, 7) is 6.01. The molecule has 1 N–H and O–H groups in total. The molecule has 0 saturated heterocycles. The first-order chi connectivity index (χ1) is 7.16. The van der Waals surface area contributed by atoms with E-state index in [1.165, 1.54) is 0 Å². The molecule has 0 atom stereocenters. The highest BCUT2D eigenvalue weighted by Crippen LogP contribution is 2.21. The van der Waals surface area contributed by atoms with Crippen LogP contribution < -0.4 is 0 Å². The second-order valence-corrected chi connectivity index (χ2v) is 3.24. The van der Waals surface area contributed by atoms with E-state index in [9.17, 15) is 4.79 Å². The molecule has 0 aliphatic heterocycles. The van der Waals surface area contributed by atoms with Crippen molar-refractivity contribution in [2.45, 2.75) is 33.6 Å². The van der Waals surface area contributed by atoms with Gasteiger partial charge >= 0.3 is 5.97 Å². The molecule has 2 nitrogen and oxygen atoms in total. The van der Waals surface area contributed by atoms with Gasteiger partial charge in [-0.2, -0.15) is 0 Å². The summed E-state index contributed by atoms with van der Waals surface area (Å²) in [5.41, 5.74) is 1.05. The molecular formula is C12H17ClO2. The van der Waals surface area contributed by atoms with Gasteiger partial charge in [0.1, 0.15) is 0 Å². The summed E-state index contributed by atoms with van der Waals surface area (Å²) in [6, 6.07) is 5.18. The molecule has 1 rings (SSSR count). The van der Waals surface area contributed by atoms with E-state index >= 15 is 0 Å². The first kappa shape index (κ1) is 14.0. The van der Waals surface area contributed by atoms with Gasteiger partial charge in [-0.15, -0.1) is 0 Å². The summed E-state index contributed by atoms with van der Waals surface area (Å²) < 4.78 is 0. The highest BCUT2D eigenvalue weighted by Gasteiger charge is 2.12. The lowest BCUT2D eigenvalue weighted by atomic mass is 10.0. The minimum atomic E-state index is -0.950. The van der Waals surface area contributed by atoms with Crippen molar-refractivity contribution in [1.29, 1.82) is 0 Å². The lowest BCUT2D eigenvalue weighted by Crippen LogP contribution is -2.03. The number of carbonyl (C=O) groups is 1. The van der Waals surface area contributed by atoms with Crippen LogP contribution in [0.25, 0.3) is 0 Å². The fourth-order valence-corrected chi connectivity index (χ4v) is 1.56. The van der Waals surface area contributed by atoms with Gasteiger partial charge in [0.05, 0.1) is 10.6 Å². The highest BCUT2D eigenvalue weighted by atomic mass is 35.5. The van der Waals surface area contributed by atoms with Crippen LogP contribution in [0.3, 0.4) is 0 Å². The largest absolute Gasteiger partial charge is 0.478 e. The number of hydrogen-bond acceptors (Lipinski definition) is 1. The highest BCUT2D eigenvalue weighted by molar-refractivity contribution is 6.33. The van der Waals surface area contributed by atoms with E-state index in [1.54, 1.807) is 18.2 Å². The van der Waals surface area contributed by atoms with Crippen LogP contribution >= 0.6 is 11.6 Å². The topological polar surface area (TPSA) is 37.3 Å². The molecule has 84 valence electrons. The Kier molecular flexibility index (Phi) is 6.80. The first-order valence-corrected chi connectivity index (χ1v) is 5.55. The lowest BCUT2D eigenvalue weighted by Gasteiger charge is -2.05. The van der Waals surface area contributed by atoms with Crippen molar-refractivity contribution in [2.75, 3.05) is 0 Å². The van der Waals surface area contributed by atoms with Crippen LogP contribution in [0.5, 0.6) is 0 Å². The Morgan fingerprint density at radius 1 is 1.40 bits per heavy atom. The van der Waals surface area contributed by atoms with Crippen molar-refractivity contribution < 1.29 is 9.90 Å². The third-order valence-electron chi connectivity index (χ3n) is 1.83. The van der Waals surface area contributed by atoms with Crippen LogP contribution in [-0.4, -0.2) is 11.1 Å². The Balaban J connectivity index is 0.000000921. The smallest absolute Gasteiger partial charge is 0.337 e. The Labute approximate surface area is 95.9 Å². The van der Waals surface area contributed by atoms with Crippen molar-refractivity contribution in [3.63, 3.8) is 0 Å². The molecule has 15 heavy (non-hydrogen) atoms. The number of benzene rings is 1. The predicted octanol–water partition coefficient (Wildman–Crippen LogP) is 4.02. The van der Waals surface area contributed by atoms with Gasteiger partial charge in [0.15, 0.2) is 0 Å². The molecule has 0 aliphatic rings. The Morgan fingerprint density at radius 3 is 2.47 bits per heavy atom. The van der Waals surface area contributed by atoms with Gasteiger partial charge in [-0.1, -0.05) is 50.9 Å². The Bertz CT molecular complexity index is 321. The summed E-state index contributed by atoms with van der Waals surface area (Å²) >= 11 is 5.78. The lowest BCUT2D eigenvalue weighted by molar-refractivity contribution is 0.0696. The molecule has 0 bridgehead atoms. The number of aryl methyl sites for hydroxylation is 1. The number of hydrogen-bond donors (Lipinski definition) is 1. The minimum Gasteiger partial charge on any atom is -0.478 e. The second-order valence-electron chi connectivity index (χ2n) is 2.83. The van der Waals surface area contributed by atoms with Crippen LogP contribution in [0, 0.1) is 0 Å². The van der Waals surface area contributed by atoms with Gasteiger partial charge in [-0.05, 0) is 18.1 Å². The van der Waals surface area contributed by atoms with Crippen molar-refractivity contribution >= 4 is 17.6 Å². The van der Waals surface area contributed by atoms with Crippen LogP contribution in [0.1, 0.15) is 43.1 Å². The van der Waals surface area contributed by atoms with E-state index in [0.717, 1.165) is 18.4 Å². The van der Waals surface area contributed by atoms with Gasteiger partial charge < -0.3 is 5.11 Å². The third-order valence-corrected chi connectivity index (χ3v) is 2.15. The van der Waals surface area contributed by atoms with Crippen LogP contribution in [-0.2, 0) is 6.42 Å². The SMILES string of the molecule is CC.CCCc1cccc(Cl)c1C(=O)O. The van der Waals surface area contributed by atoms with E-state index in [2.05, 4.69) is 0 Å². The average molecular weight is 229 g/mol. The summed E-state index contributed by atoms with van der Waals surface area (Å²) in [5.74, 6) is -0.950. The fraction of sp³-hybridized carbons (Fsp3) is 0.417. The van der Waals surface area contributed by atoms with Gasteiger partial charge in [0, 0.05) is 0 Å². The number of aromatic carboxylic acids is 1. The van der Waals surface area contributed by atoms with Crippen LogP contribution in [0.15, 0.2) is 18.2 Å². The zero-order valence-electron chi connectivity index (χ0n) is 9.38. The summed E-state index contributed by atoms with van der Waals surface area (Å²) in [4.78, 5) is 10.8. The molecule has 0 saturated carbocycles. The van der Waals surface area contributed by atoms with Crippen LogP contribution in [0.4, 0.5) is 0 Å². The molecule has 0 heterocycles. The maximum absolute atomic E-state index is 10.8. The molecule has 1 aromatic rings. The molecule has 3 heteroatoms. The normalized spacial score (nSPS) is 9.07. The second kappa shape index (κ2) is 7.30. The van der Waals surface area contributed by atoms with Gasteiger partial charge in [0.2, 0.25) is 0 Å². The first-order valence-electron chi connectivity index (χ1n) is 5.17.